The van der Waals surface area contributed by atoms with Gasteiger partial charge in [0.15, 0.2) is 0 Å². The van der Waals surface area contributed by atoms with Crippen LogP contribution in [0.2, 0.25) is 0 Å². The first-order chi connectivity index (χ1) is 17.1. The fraction of sp³-hybridized carbons (Fsp3) is 0.357. The Morgan fingerprint density at radius 3 is 2.22 bits per heavy atom. The third kappa shape index (κ3) is 4.03. The highest BCUT2D eigenvalue weighted by atomic mass is 19.4. The molecule has 5 rings (SSSR count). The van der Waals surface area contributed by atoms with E-state index >= 15 is 0 Å². The molecule has 2 aromatic carbocycles. The first-order valence-corrected chi connectivity index (χ1v) is 12.1. The van der Waals surface area contributed by atoms with Crippen LogP contribution in [-0.4, -0.2) is 58.9 Å². The summed E-state index contributed by atoms with van der Waals surface area (Å²) >= 11 is 0. The molecule has 0 atom stereocenters. The summed E-state index contributed by atoms with van der Waals surface area (Å²) in [5, 5.41) is 0. The zero-order valence-corrected chi connectivity index (χ0v) is 20.3. The van der Waals surface area contributed by atoms with E-state index in [-0.39, 0.29) is 11.6 Å². The predicted molar refractivity (Wildman–Crippen MR) is 131 cm³/mol. The van der Waals surface area contributed by atoms with Crippen molar-refractivity contribution in [1.82, 2.24) is 14.4 Å². The Kier molecular flexibility index (Phi) is 6.03. The molecule has 0 bridgehead atoms. The average molecular weight is 496 g/mol. The number of fused-ring (bicyclic) bond motifs is 2. The van der Waals surface area contributed by atoms with Gasteiger partial charge in [-0.25, -0.2) is 0 Å². The molecular formula is C28H28F3N3O2. The van der Waals surface area contributed by atoms with Gasteiger partial charge in [0, 0.05) is 37.4 Å². The Morgan fingerprint density at radius 2 is 1.58 bits per heavy atom. The van der Waals surface area contributed by atoms with Gasteiger partial charge in [-0.1, -0.05) is 36.4 Å². The number of halogens is 3. The largest absolute Gasteiger partial charge is 0.456 e. The van der Waals surface area contributed by atoms with Crippen molar-refractivity contribution in [3.8, 4) is 11.1 Å². The minimum Gasteiger partial charge on any atom is -0.339 e. The number of Topliss-reactive ketones (excluding diaryl/α,β-unsaturated/α-hetero) is 1. The van der Waals surface area contributed by atoms with Crippen LogP contribution in [0.3, 0.4) is 0 Å². The van der Waals surface area contributed by atoms with Crippen molar-refractivity contribution in [2.75, 3.05) is 26.7 Å². The third-order valence-electron chi connectivity index (χ3n) is 7.77. The van der Waals surface area contributed by atoms with E-state index in [1.54, 1.807) is 6.07 Å². The molecule has 1 aromatic heterocycles. The summed E-state index contributed by atoms with van der Waals surface area (Å²) in [5.41, 5.74) is 3.73. The topological polar surface area (TPSA) is 45.6 Å². The second-order valence-electron chi connectivity index (χ2n) is 9.72. The second-order valence-corrected chi connectivity index (χ2v) is 9.72. The lowest BCUT2D eigenvalue weighted by Crippen LogP contribution is -2.56. The summed E-state index contributed by atoms with van der Waals surface area (Å²) in [5.74, 6) is -1.86. The van der Waals surface area contributed by atoms with Gasteiger partial charge < -0.3 is 9.47 Å². The molecule has 0 saturated carbocycles. The molecule has 36 heavy (non-hydrogen) atoms. The Morgan fingerprint density at radius 1 is 0.889 bits per heavy atom. The van der Waals surface area contributed by atoms with Gasteiger partial charge in [0.25, 0.3) is 11.7 Å². The van der Waals surface area contributed by atoms with Crippen molar-refractivity contribution >= 4 is 11.7 Å². The van der Waals surface area contributed by atoms with Gasteiger partial charge in [-0.3, -0.25) is 14.5 Å². The number of nitrogens with zero attached hydrogens (tertiary/aromatic N) is 3. The zero-order chi connectivity index (χ0) is 25.7. The van der Waals surface area contributed by atoms with Crippen molar-refractivity contribution < 1.29 is 22.8 Å². The molecule has 0 radical (unpaired) electrons. The highest BCUT2D eigenvalue weighted by Gasteiger charge is 2.47. The highest BCUT2D eigenvalue weighted by Crippen LogP contribution is 2.42. The van der Waals surface area contributed by atoms with Crippen molar-refractivity contribution in [3.63, 3.8) is 0 Å². The number of hydrogen-bond acceptors (Lipinski definition) is 3. The fourth-order valence-corrected chi connectivity index (χ4v) is 5.76. The third-order valence-corrected chi connectivity index (χ3v) is 7.77. The predicted octanol–water partition coefficient (Wildman–Crippen LogP) is 5.29. The summed E-state index contributed by atoms with van der Waals surface area (Å²) in [6, 6.07) is 18.7. The SMILES string of the molecule is Cc1cc(C(=O)N2CCC3(CC2)c2ccc(C(=O)C(F)(F)F)n2CCN3C)ccc1-c1ccccc1. The molecule has 1 amide bonds. The molecule has 3 aromatic rings. The molecule has 2 aliphatic rings. The Hall–Kier alpha value is -3.39. The molecule has 3 heterocycles. The molecule has 8 heteroatoms. The van der Waals surface area contributed by atoms with Crippen molar-refractivity contribution in [1.29, 1.82) is 0 Å². The number of aromatic nitrogens is 1. The summed E-state index contributed by atoms with van der Waals surface area (Å²) in [6.07, 6.45) is -3.74. The summed E-state index contributed by atoms with van der Waals surface area (Å²) in [4.78, 5) is 29.3. The monoisotopic (exact) mass is 495 g/mol. The number of amides is 1. The molecule has 1 spiro atoms. The molecule has 0 aliphatic carbocycles. The van der Waals surface area contributed by atoms with Crippen LogP contribution in [0.1, 0.15) is 44.9 Å². The van der Waals surface area contributed by atoms with E-state index in [0.29, 0.717) is 44.6 Å². The van der Waals surface area contributed by atoms with Gasteiger partial charge in [-0.15, -0.1) is 0 Å². The normalized spacial score (nSPS) is 17.8. The minimum atomic E-state index is -4.91. The van der Waals surface area contributed by atoms with Crippen LogP contribution in [-0.2, 0) is 12.1 Å². The Labute approximate surface area is 208 Å². The number of hydrogen-bond donors (Lipinski definition) is 0. The number of piperidine rings is 1. The van der Waals surface area contributed by atoms with Crippen LogP contribution in [0.5, 0.6) is 0 Å². The van der Waals surface area contributed by atoms with Crippen molar-refractivity contribution in [2.45, 2.75) is 38.0 Å². The Balaban J connectivity index is 1.35. The number of rotatable bonds is 3. The number of ketones is 1. The maximum atomic E-state index is 13.3. The molecule has 0 N–H and O–H groups in total. The standard InChI is InChI=1S/C28H28F3N3O2/c1-19-18-21(8-9-22(19)20-6-4-3-5-7-20)26(36)33-14-12-27(13-15-33)24-11-10-23(25(35)28(29,30)31)34(24)17-16-32(27)2/h3-11,18H,12-17H2,1-2H3. The van der Waals surface area contributed by atoms with Gasteiger partial charge in [-0.05, 0) is 67.8 Å². The summed E-state index contributed by atoms with van der Waals surface area (Å²) in [6.45, 7) is 3.82. The molecule has 188 valence electrons. The summed E-state index contributed by atoms with van der Waals surface area (Å²) in [7, 11) is 1.96. The number of likely N-dealkylation sites (N-methyl/N-ethyl adjacent to an activating group) is 1. The van der Waals surface area contributed by atoms with Crippen LogP contribution >= 0.6 is 0 Å². The number of aryl methyl sites for hydroxylation is 1. The molecule has 5 nitrogen and oxygen atoms in total. The van der Waals surface area contributed by atoms with Gasteiger partial charge >= 0.3 is 6.18 Å². The van der Waals surface area contributed by atoms with Gasteiger partial charge in [0.2, 0.25) is 0 Å². The number of carbonyl (C=O) groups is 2. The fourth-order valence-electron chi connectivity index (χ4n) is 5.76. The second kappa shape index (κ2) is 8.92. The van der Waals surface area contributed by atoms with E-state index in [0.717, 1.165) is 22.4 Å². The molecule has 0 unspecified atom stereocenters. The average Bonchev–Trinajstić information content (AvgIpc) is 3.31. The smallest absolute Gasteiger partial charge is 0.339 e. The van der Waals surface area contributed by atoms with E-state index < -0.39 is 17.5 Å². The van der Waals surface area contributed by atoms with E-state index in [4.69, 9.17) is 0 Å². The highest BCUT2D eigenvalue weighted by molar-refractivity contribution is 5.99. The molecule has 1 saturated heterocycles. The quantitative estimate of drug-likeness (QED) is 0.464. The number of carbonyl (C=O) groups excluding carboxylic acids is 2. The molecule has 1 fully saturated rings. The first kappa shape index (κ1) is 24.3. The van der Waals surface area contributed by atoms with Crippen LogP contribution in [0.4, 0.5) is 13.2 Å². The first-order valence-electron chi connectivity index (χ1n) is 12.1. The van der Waals surface area contributed by atoms with E-state index in [1.807, 2.05) is 67.4 Å². The lowest BCUT2D eigenvalue weighted by Gasteiger charge is -2.50. The lowest BCUT2D eigenvalue weighted by molar-refractivity contribution is -0.0892. The molecule has 2 aliphatic heterocycles. The maximum absolute atomic E-state index is 13.3. The van der Waals surface area contributed by atoms with Crippen LogP contribution in [0.25, 0.3) is 11.1 Å². The minimum absolute atomic E-state index is 0.0469. The van der Waals surface area contributed by atoms with Crippen LogP contribution in [0.15, 0.2) is 60.7 Å². The number of alkyl halides is 3. The molecular weight excluding hydrogens is 467 g/mol. The summed E-state index contributed by atoms with van der Waals surface area (Å²) < 4.78 is 40.9. The number of benzene rings is 2. The lowest BCUT2D eigenvalue weighted by atomic mass is 9.81. The van der Waals surface area contributed by atoms with Crippen molar-refractivity contribution in [2.24, 2.45) is 0 Å². The van der Waals surface area contributed by atoms with Crippen LogP contribution in [0, 0.1) is 6.92 Å². The van der Waals surface area contributed by atoms with E-state index in [1.165, 1.54) is 10.6 Å². The van der Waals surface area contributed by atoms with Gasteiger partial charge in [0.05, 0.1) is 11.2 Å². The van der Waals surface area contributed by atoms with Gasteiger partial charge in [0.1, 0.15) is 0 Å². The zero-order valence-electron chi connectivity index (χ0n) is 20.3. The Bertz CT molecular complexity index is 1310. The van der Waals surface area contributed by atoms with Crippen molar-refractivity contribution in [3.05, 3.63) is 83.2 Å². The maximum Gasteiger partial charge on any atom is 0.456 e. The van der Waals surface area contributed by atoms with E-state index in [9.17, 15) is 22.8 Å². The van der Waals surface area contributed by atoms with Gasteiger partial charge in [-0.2, -0.15) is 13.2 Å². The number of likely N-dealkylation sites (tertiary alicyclic amines) is 1. The van der Waals surface area contributed by atoms with Crippen LogP contribution < -0.4 is 0 Å². The van der Waals surface area contributed by atoms with E-state index in [2.05, 4.69) is 4.90 Å².